The van der Waals surface area contributed by atoms with E-state index in [2.05, 4.69) is 0 Å². The maximum Gasteiger partial charge on any atom is 0.314 e. The van der Waals surface area contributed by atoms with Crippen LogP contribution in [0.5, 0.6) is 5.75 Å². The molecular formula is C28H33NO6S. The highest BCUT2D eigenvalue weighted by Gasteiger charge is 2.34. The molecule has 0 saturated carbocycles. The highest BCUT2D eigenvalue weighted by atomic mass is 32.2. The third-order valence-corrected chi connectivity index (χ3v) is 6.50. The van der Waals surface area contributed by atoms with Crippen LogP contribution in [-0.2, 0) is 30.4 Å². The monoisotopic (exact) mass is 511 g/mol. The number of rotatable bonds is 7. The molecule has 0 saturated heterocycles. The predicted octanol–water partition coefficient (Wildman–Crippen LogP) is 5.38. The molecule has 0 aromatic heterocycles. The first kappa shape index (κ1) is 26.0. The minimum atomic E-state index is -3.65. The van der Waals surface area contributed by atoms with Gasteiger partial charge in [0.1, 0.15) is 24.7 Å². The highest BCUT2D eigenvalue weighted by Crippen LogP contribution is 2.44. The minimum absolute atomic E-state index is 0.138. The molecule has 8 heteroatoms. The van der Waals surface area contributed by atoms with Gasteiger partial charge >= 0.3 is 5.97 Å². The summed E-state index contributed by atoms with van der Waals surface area (Å²) < 4.78 is 40.9. The Labute approximate surface area is 213 Å². The molecule has 7 nitrogen and oxygen atoms in total. The molecule has 1 aliphatic rings. The summed E-state index contributed by atoms with van der Waals surface area (Å²) in [6.45, 7) is 6.33. The molecule has 0 aliphatic carbocycles. The summed E-state index contributed by atoms with van der Waals surface area (Å²) in [4.78, 5) is 15.3. The molecule has 1 unspecified atom stereocenters. The van der Waals surface area contributed by atoms with Crippen molar-refractivity contribution in [2.45, 2.75) is 51.7 Å². The lowest BCUT2D eigenvalue weighted by Crippen LogP contribution is -2.29. The van der Waals surface area contributed by atoms with E-state index < -0.39 is 21.6 Å². The molecule has 3 aromatic carbocycles. The molecule has 4 rings (SSSR count). The maximum atomic E-state index is 13.4. The lowest BCUT2D eigenvalue weighted by atomic mass is 9.90. The van der Waals surface area contributed by atoms with Crippen molar-refractivity contribution in [3.63, 3.8) is 0 Å². The summed E-state index contributed by atoms with van der Waals surface area (Å²) in [6.07, 6.45) is 2.27. The first-order valence-corrected chi connectivity index (χ1v) is 13.9. The Balaban J connectivity index is 1.84. The molecule has 0 amide bonds. The van der Waals surface area contributed by atoms with Gasteiger partial charge < -0.3 is 14.4 Å². The van der Waals surface area contributed by atoms with Crippen molar-refractivity contribution in [2.24, 2.45) is 0 Å². The first-order valence-electron chi connectivity index (χ1n) is 12.1. The third-order valence-electron chi connectivity index (χ3n) is 5.97. The Morgan fingerprint density at radius 2 is 1.69 bits per heavy atom. The van der Waals surface area contributed by atoms with Gasteiger partial charge in [0.2, 0.25) is 0 Å². The number of carbonyl (C=O) groups excluding carboxylic acids is 1. The van der Waals surface area contributed by atoms with Crippen molar-refractivity contribution in [2.75, 3.05) is 24.4 Å². The van der Waals surface area contributed by atoms with E-state index in [9.17, 15) is 13.2 Å². The molecule has 1 atom stereocenters. The van der Waals surface area contributed by atoms with Crippen LogP contribution < -0.4 is 9.64 Å². The van der Waals surface area contributed by atoms with Crippen molar-refractivity contribution < 1.29 is 26.9 Å². The smallest absolute Gasteiger partial charge is 0.314 e. The Morgan fingerprint density at radius 1 is 1.03 bits per heavy atom. The van der Waals surface area contributed by atoms with E-state index in [4.69, 9.17) is 13.7 Å². The average molecular weight is 512 g/mol. The van der Waals surface area contributed by atoms with Crippen LogP contribution in [0.4, 0.5) is 5.69 Å². The van der Waals surface area contributed by atoms with E-state index in [0.29, 0.717) is 31.7 Å². The van der Waals surface area contributed by atoms with E-state index in [-0.39, 0.29) is 12.7 Å². The molecule has 0 fully saturated rings. The zero-order valence-electron chi connectivity index (χ0n) is 21.2. The van der Waals surface area contributed by atoms with Crippen LogP contribution in [0.25, 0.3) is 10.8 Å². The van der Waals surface area contributed by atoms with Crippen LogP contribution in [0.3, 0.4) is 0 Å². The standard InChI is InChI=1S/C28H33NO6S/c1-28(2,3)35-27(30)23-15-10-16-29(19-34-36(4,31)32)26-22-14-9-8-13-21(22)25(17-24(23)26)33-18-20-11-6-5-7-12-20/h5-9,11-14,17,23H,10,15-16,18-19H2,1-4H3. The first-order chi connectivity index (χ1) is 17.0. The lowest BCUT2D eigenvalue weighted by molar-refractivity contribution is -0.156. The Hall–Kier alpha value is -3.10. The molecule has 0 spiro atoms. The van der Waals surface area contributed by atoms with Crippen molar-refractivity contribution in [3.8, 4) is 5.75 Å². The normalized spacial score (nSPS) is 16.3. The van der Waals surface area contributed by atoms with Gasteiger partial charge in [0.05, 0.1) is 17.9 Å². The van der Waals surface area contributed by atoms with E-state index in [0.717, 1.165) is 33.8 Å². The average Bonchev–Trinajstić information content (AvgIpc) is 3.00. The van der Waals surface area contributed by atoms with Crippen LogP contribution >= 0.6 is 0 Å². The molecular weight excluding hydrogens is 478 g/mol. The van der Waals surface area contributed by atoms with Crippen LogP contribution in [0, 0.1) is 0 Å². The second-order valence-electron chi connectivity index (χ2n) is 10.1. The summed E-state index contributed by atoms with van der Waals surface area (Å²) in [5, 5.41) is 1.74. The number of benzene rings is 3. The zero-order chi connectivity index (χ0) is 25.9. The number of fused-ring (bicyclic) bond motifs is 3. The van der Waals surface area contributed by atoms with Crippen LogP contribution in [0.2, 0.25) is 0 Å². The molecule has 1 heterocycles. The number of carbonyl (C=O) groups is 1. The molecule has 0 N–H and O–H groups in total. The Morgan fingerprint density at radius 3 is 2.36 bits per heavy atom. The molecule has 1 aliphatic heterocycles. The topological polar surface area (TPSA) is 82.1 Å². The minimum Gasteiger partial charge on any atom is -0.488 e. The summed E-state index contributed by atoms with van der Waals surface area (Å²) in [5.41, 5.74) is 1.92. The summed E-state index contributed by atoms with van der Waals surface area (Å²) in [5.74, 6) is -0.169. The number of ether oxygens (including phenoxy) is 2. The zero-order valence-corrected chi connectivity index (χ0v) is 22.0. The van der Waals surface area contributed by atoms with Gasteiger partial charge in [0.15, 0.2) is 0 Å². The molecule has 36 heavy (non-hydrogen) atoms. The molecule has 0 radical (unpaired) electrons. The van der Waals surface area contributed by atoms with Gasteiger partial charge in [-0.05, 0) is 50.8 Å². The summed E-state index contributed by atoms with van der Waals surface area (Å²) in [6, 6.07) is 19.6. The lowest BCUT2D eigenvalue weighted by Gasteiger charge is -2.28. The molecule has 0 bridgehead atoms. The van der Waals surface area contributed by atoms with Crippen LogP contribution in [0.15, 0.2) is 60.7 Å². The second kappa shape index (κ2) is 10.5. The van der Waals surface area contributed by atoms with Crippen molar-refractivity contribution in [3.05, 3.63) is 71.8 Å². The highest BCUT2D eigenvalue weighted by molar-refractivity contribution is 7.85. The second-order valence-corrected chi connectivity index (χ2v) is 11.7. The fourth-order valence-electron chi connectivity index (χ4n) is 4.48. The Bertz CT molecular complexity index is 1330. The number of hydrogen-bond donors (Lipinski definition) is 0. The van der Waals surface area contributed by atoms with Gasteiger partial charge in [0.25, 0.3) is 10.1 Å². The van der Waals surface area contributed by atoms with Gasteiger partial charge in [-0.25, -0.2) is 4.18 Å². The fraction of sp³-hybridized carbons (Fsp3) is 0.393. The summed E-state index contributed by atoms with van der Waals surface area (Å²) in [7, 11) is -3.65. The third kappa shape index (κ3) is 6.36. The number of anilines is 1. The number of hydrogen-bond acceptors (Lipinski definition) is 7. The van der Waals surface area contributed by atoms with Gasteiger partial charge in [0, 0.05) is 17.3 Å². The summed E-state index contributed by atoms with van der Waals surface area (Å²) >= 11 is 0. The van der Waals surface area contributed by atoms with Crippen LogP contribution in [-0.4, -0.2) is 39.5 Å². The van der Waals surface area contributed by atoms with E-state index in [1.165, 1.54) is 0 Å². The number of nitrogens with zero attached hydrogens (tertiary/aromatic N) is 1. The number of esters is 1. The predicted molar refractivity (Wildman–Crippen MR) is 141 cm³/mol. The SMILES string of the molecule is CC(C)(C)OC(=O)C1CCCN(COS(C)(=O)=O)c2c1cc(OCc1ccccc1)c1ccccc21. The van der Waals surface area contributed by atoms with E-state index in [1.54, 1.807) is 0 Å². The maximum absolute atomic E-state index is 13.4. The van der Waals surface area contributed by atoms with Crippen molar-refractivity contribution in [1.82, 2.24) is 0 Å². The van der Waals surface area contributed by atoms with Gasteiger partial charge in [-0.2, -0.15) is 8.42 Å². The quantitative estimate of drug-likeness (QED) is 0.311. The fourth-order valence-corrected chi connectivity index (χ4v) is 4.80. The van der Waals surface area contributed by atoms with Crippen molar-refractivity contribution >= 4 is 32.5 Å². The van der Waals surface area contributed by atoms with Gasteiger partial charge in [-0.3, -0.25) is 4.79 Å². The largest absolute Gasteiger partial charge is 0.488 e. The van der Waals surface area contributed by atoms with Crippen molar-refractivity contribution in [1.29, 1.82) is 0 Å². The molecule has 192 valence electrons. The van der Waals surface area contributed by atoms with E-state index in [1.807, 2.05) is 86.3 Å². The molecule has 3 aromatic rings. The van der Waals surface area contributed by atoms with Crippen LogP contribution in [0.1, 0.15) is 50.7 Å². The van der Waals surface area contributed by atoms with Gasteiger partial charge in [-0.1, -0.05) is 54.6 Å². The Kier molecular flexibility index (Phi) is 7.57. The van der Waals surface area contributed by atoms with Gasteiger partial charge in [-0.15, -0.1) is 0 Å². The van der Waals surface area contributed by atoms with E-state index >= 15 is 0 Å².